The maximum atomic E-state index is 12.1. The molecule has 0 heterocycles. The van der Waals surface area contributed by atoms with Gasteiger partial charge in [0.2, 0.25) is 5.91 Å². The van der Waals surface area contributed by atoms with Crippen LogP contribution in [0.5, 0.6) is 0 Å². The largest absolute Gasteiger partial charge is 0.481 e. The molecule has 0 saturated heterocycles. The van der Waals surface area contributed by atoms with Crippen molar-refractivity contribution >= 4 is 11.9 Å². The van der Waals surface area contributed by atoms with Gasteiger partial charge < -0.3 is 10.0 Å². The van der Waals surface area contributed by atoms with Gasteiger partial charge in [-0.2, -0.15) is 0 Å². The van der Waals surface area contributed by atoms with Crippen molar-refractivity contribution in [2.45, 2.75) is 34.6 Å². The lowest BCUT2D eigenvalue weighted by molar-refractivity contribution is -0.142. The van der Waals surface area contributed by atoms with Gasteiger partial charge in [0, 0.05) is 26.2 Å². The van der Waals surface area contributed by atoms with Crippen molar-refractivity contribution in [3.05, 3.63) is 0 Å². The molecular formula is C14H28N2O3. The van der Waals surface area contributed by atoms with E-state index < -0.39 is 11.9 Å². The van der Waals surface area contributed by atoms with Crippen molar-refractivity contribution < 1.29 is 14.7 Å². The Morgan fingerprint density at radius 3 is 1.95 bits per heavy atom. The van der Waals surface area contributed by atoms with Gasteiger partial charge in [-0.15, -0.1) is 0 Å². The van der Waals surface area contributed by atoms with E-state index in [1.165, 1.54) is 0 Å². The van der Waals surface area contributed by atoms with Crippen LogP contribution in [0, 0.1) is 11.8 Å². The lowest BCUT2D eigenvalue weighted by atomic mass is 10.1. The van der Waals surface area contributed by atoms with Crippen molar-refractivity contribution in [2.24, 2.45) is 11.8 Å². The van der Waals surface area contributed by atoms with E-state index in [0.29, 0.717) is 32.1 Å². The molecule has 19 heavy (non-hydrogen) atoms. The minimum absolute atomic E-state index is 0.0724. The fraction of sp³-hybridized carbons (Fsp3) is 0.857. The third kappa shape index (κ3) is 7.15. The van der Waals surface area contributed by atoms with Gasteiger partial charge in [0.25, 0.3) is 0 Å². The second kappa shape index (κ2) is 8.91. The van der Waals surface area contributed by atoms with E-state index in [4.69, 9.17) is 5.11 Å². The molecule has 1 unspecified atom stereocenters. The molecule has 0 bridgehead atoms. The Morgan fingerprint density at radius 2 is 1.58 bits per heavy atom. The van der Waals surface area contributed by atoms with Gasteiger partial charge in [0.05, 0.1) is 12.5 Å². The standard InChI is InChI=1S/C14H28N2O3/c1-6-16(7-2)13(17)10-15(8-11(3)4)9-12(5)14(18)19/h11-12H,6-10H2,1-5H3,(H,18,19). The second-order valence-corrected chi connectivity index (χ2v) is 5.39. The zero-order chi connectivity index (χ0) is 15.0. The quantitative estimate of drug-likeness (QED) is 0.691. The Morgan fingerprint density at radius 1 is 1.05 bits per heavy atom. The summed E-state index contributed by atoms with van der Waals surface area (Å²) in [5, 5.41) is 8.98. The van der Waals surface area contributed by atoms with Crippen LogP contribution in [-0.4, -0.2) is 59.5 Å². The van der Waals surface area contributed by atoms with Gasteiger partial charge in [-0.1, -0.05) is 20.8 Å². The number of carbonyl (C=O) groups is 2. The summed E-state index contributed by atoms with van der Waals surface area (Å²) in [6.07, 6.45) is 0. The van der Waals surface area contributed by atoms with Gasteiger partial charge in [0.1, 0.15) is 0 Å². The zero-order valence-electron chi connectivity index (χ0n) is 12.8. The van der Waals surface area contributed by atoms with E-state index in [2.05, 4.69) is 13.8 Å². The average molecular weight is 272 g/mol. The molecular weight excluding hydrogens is 244 g/mol. The van der Waals surface area contributed by atoms with Gasteiger partial charge in [-0.25, -0.2) is 0 Å². The summed E-state index contributed by atoms with van der Waals surface area (Å²) in [7, 11) is 0. The molecule has 0 aliphatic rings. The van der Waals surface area contributed by atoms with Gasteiger partial charge in [-0.3, -0.25) is 14.5 Å². The van der Waals surface area contributed by atoms with Gasteiger partial charge in [0.15, 0.2) is 0 Å². The minimum atomic E-state index is -0.816. The number of carbonyl (C=O) groups excluding carboxylic acids is 1. The number of aliphatic carboxylic acids is 1. The molecule has 0 aromatic heterocycles. The normalized spacial score (nSPS) is 12.8. The predicted octanol–water partition coefficient (Wildman–Crippen LogP) is 1.53. The highest BCUT2D eigenvalue weighted by molar-refractivity contribution is 5.78. The lowest BCUT2D eigenvalue weighted by Crippen LogP contribution is -2.43. The van der Waals surface area contributed by atoms with Crippen LogP contribution in [0.3, 0.4) is 0 Å². The third-order valence-electron chi connectivity index (χ3n) is 3.05. The summed E-state index contributed by atoms with van der Waals surface area (Å²) < 4.78 is 0. The van der Waals surface area contributed by atoms with Crippen LogP contribution in [0.4, 0.5) is 0 Å². The molecule has 0 rings (SSSR count). The molecule has 0 fully saturated rings. The maximum Gasteiger partial charge on any atom is 0.307 e. The molecule has 5 nitrogen and oxygen atoms in total. The summed E-state index contributed by atoms with van der Waals surface area (Å²) >= 11 is 0. The average Bonchev–Trinajstić information content (AvgIpc) is 2.29. The lowest BCUT2D eigenvalue weighted by Gasteiger charge is -2.28. The fourth-order valence-corrected chi connectivity index (χ4v) is 2.05. The minimum Gasteiger partial charge on any atom is -0.481 e. The van der Waals surface area contributed by atoms with Crippen LogP contribution >= 0.6 is 0 Å². The summed E-state index contributed by atoms with van der Waals surface area (Å²) in [4.78, 5) is 26.7. The molecule has 0 radical (unpaired) electrons. The molecule has 0 aromatic rings. The molecule has 1 atom stereocenters. The number of rotatable bonds is 9. The molecule has 0 aliphatic heterocycles. The number of hydrogen-bond donors (Lipinski definition) is 1. The molecule has 0 aromatic carbocycles. The van der Waals surface area contributed by atoms with Crippen LogP contribution in [0.1, 0.15) is 34.6 Å². The first-order valence-corrected chi connectivity index (χ1v) is 7.04. The van der Waals surface area contributed by atoms with E-state index in [1.54, 1.807) is 11.8 Å². The van der Waals surface area contributed by atoms with E-state index in [1.807, 2.05) is 18.7 Å². The number of likely N-dealkylation sites (N-methyl/N-ethyl adjacent to an activating group) is 1. The highest BCUT2D eigenvalue weighted by Gasteiger charge is 2.20. The van der Waals surface area contributed by atoms with E-state index in [0.717, 1.165) is 6.54 Å². The molecule has 1 N–H and O–H groups in total. The van der Waals surface area contributed by atoms with Crippen LogP contribution in [-0.2, 0) is 9.59 Å². The number of hydrogen-bond acceptors (Lipinski definition) is 3. The number of carboxylic acid groups (broad SMARTS) is 1. The van der Waals surface area contributed by atoms with E-state index in [-0.39, 0.29) is 5.91 Å². The van der Waals surface area contributed by atoms with Crippen molar-refractivity contribution in [2.75, 3.05) is 32.7 Å². The fourth-order valence-electron chi connectivity index (χ4n) is 2.05. The highest BCUT2D eigenvalue weighted by atomic mass is 16.4. The predicted molar refractivity (Wildman–Crippen MR) is 76.0 cm³/mol. The third-order valence-corrected chi connectivity index (χ3v) is 3.05. The van der Waals surface area contributed by atoms with Crippen molar-refractivity contribution in [1.29, 1.82) is 0 Å². The highest BCUT2D eigenvalue weighted by Crippen LogP contribution is 2.05. The van der Waals surface area contributed by atoms with Crippen molar-refractivity contribution in [3.63, 3.8) is 0 Å². The summed E-state index contributed by atoms with van der Waals surface area (Å²) in [6, 6.07) is 0. The summed E-state index contributed by atoms with van der Waals surface area (Å²) in [5.74, 6) is -0.791. The first kappa shape index (κ1) is 17.9. The Labute approximate surface area is 116 Å². The Balaban J connectivity index is 4.58. The topological polar surface area (TPSA) is 60.9 Å². The summed E-state index contributed by atoms with van der Waals surface area (Å²) in [6.45, 7) is 12.6. The molecule has 0 spiro atoms. The molecule has 0 aliphatic carbocycles. The first-order valence-electron chi connectivity index (χ1n) is 7.04. The smallest absolute Gasteiger partial charge is 0.307 e. The zero-order valence-corrected chi connectivity index (χ0v) is 12.8. The monoisotopic (exact) mass is 272 g/mol. The van der Waals surface area contributed by atoms with Crippen molar-refractivity contribution in [3.8, 4) is 0 Å². The maximum absolute atomic E-state index is 12.1. The molecule has 112 valence electrons. The van der Waals surface area contributed by atoms with Crippen LogP contribution in [0.25, 0.3) is 0 Å². The number of amides is 1. The summed E-state index contributed by atoms with van der Waals surface area (Å²) in [5.41, 5.74) is 0. The Hall–Kier alpha value is -1.10. The molecule has 5 heteroatoms. The molecule has 1 amide bonds. The SMILES string of the molecule is CCN(CC)C(=O)CN(CC(C)C)CC(C)C(=O)O. The van der Waals surface area contributed by atoms with Crippen LogP contribution in [0.15, 0.2) is 0 Å². The second-order valence-electron chi connectivity index (χ2n) is 5.39. The van der Waals surface area contributed by atoms with E-state index in [9.17, 15) is 9.59 Å². The van der Waals surface area contributed by atoms with Crippen LogP contribution in [0.2, 0.25) is 0 Å². The Bertz CT molecular complexity index is 288. The number of carboxylic acids is 1. The number of nitrogens with zero attached hydrogens (tertiary/aromatic N) is 2. The van der Waals surface area contributed by atoms with Gasteiger partial charge >= 0.3 is 5.97 Å². The first-order chi connectivity index (χ1) is 8.81. The Kier molecular flexibility index (Phi) is 8.39. The van der Waals surface area contributed by atoms with Gasteiger partial charge in [-0.05, 0) is 19.8 Å². The van der Waals surface area contributed by atoms with E-state index >= 15 is 0 Å². The molecule has 0 saturated carbocycles. The van der Waals surface area contributed by atoms with Crippen molar-refractivity contribution in [1.82, 2.24) is 9.80 Å². The van der Waals surface area contributed by atoms with Crippen LogP contribution < -0.4 is 0 Å².